The molecule has 0 aliphatic carbocycles. The van der Waals surface area contributed by atoms with E-state index in [0.717, 1.165) is 0 Å². The highest BCUT2D eigenvalue weighted by Gasteiger charge is 2.20. The Hall–Kier alpha value is -2.11. The SMILES string of the molecule is F[B-](F)(F)F.N#[N+]c1ccc(C(N)=O)cc1. The van der Waals surface area contributed by atoms with Crippen molar-refractivity contribution < 1.29 is 22.1 Å². The summed E-state index contributed by atoms with van der Waals surface area (Å²) < 4.78 is 39.0. The number of carbonyl (C=O) groups excluding carboxylic acids is 1. The van der Waals surface area contributed by atoms with Crippen LogP contribution >= 0.6 is 0 Å². The molecule has 0 aromatic heterocycles. The molecule has 0 bridgehead atoms. The smallest absolute Gasteiger partial charge is 0.418 e. The van der Waals surface area contributed by atoms with Gasteiger partial charge in [-0.2, -0.15) is 0 Å². The van der Waals surface area contributed by atoms with E-state index in [1.165, 1.54) is 24.3 Å². The molecule has 2 N–H and O–H groups in total. The van der Waals surface area contributed by atoms with Crippen LogP contribution in [0, 0.1) is 5.39 Å². The van der Waals surface area contributed by atoms with Crippen molar-refractivity contribution in [3.8, 4) is 0 Å². The van der Waals surface area contributed by atoms with E-state index in [1.54, 1.807) is 0 Å². The Kier molecular flexibility index (Phi) is 4.95. The molecule has 0 radical (unpaired) electrons. The highest BCUT2D eigenvalue weighted by molar-refractivity contribution is 6.50. The summed E-state index contributed by atoms with van der Waals surface area (Å²) >= 11 is 0. The molecule has 0 fully saturated rings. The Labute approximate surface area is 87.8 Å². The van der Waals surface area contributed by atoms with Crippen molar-refractivity contribution in [2.75, 3.05) is 0 Å². The molecule has 0 spiro atoms. The molecule has 0 aliphatic rings. The van der Waals surface area contributed by atoms with Gasteiger partial charge in [-0.3, -0.25) is 4.79 Å². The van der Waals surface area contributed by atoms with Crippen LogP contribution in [0.5, 0.6) is 0 Å². The lowest BCUT2D eigenvalue weighted by molar-refractivity contribution is 0.100. The second kappa shape index (κ2) is 5.70. The van der Waals surface area contributed by atoms with Crippen LogP contribution in [0.2, 0.25) is 0 Å². The number of nitrogens with two attached hydrogens (primary N) is 1. The third kappa shape index (κ3) is 7.31. The van der Waals surface area contributed by atoms with Gasteiger partial charge in [-0.1, -0.05) is 0 Å². The molecule has 86 valence electrons. The molecule has 0 unspecified atom stereocenters. The fraction of sp³-hybridized carbons (Fsp3) is 0. The van der Waals surface area contributed by atoms with Crippen LogP contribution in [-0.4, -0.2) is 13.2 Å². The third-order valence-corrected chi connectivity index (χ3v) is 1.27. The van der Waals surface area contributed by atoms with Gasteiger partial charge in [0.1, 0.15) is 0 Å². The molecular formula is C7H6BF4N3O. The number of benzene rings is 1. The summed E-state index contributed by atoms with van der Waals surface area (Å²) in [5.41, 5.74) is 5.77. The zero-order valence-electron chi connectivity index (χ0n) is 7.78. The van der Waals surface area contributed by atoms with E-state index in [0.29, 0.717) is 11.3 Å². The number of nitrogens with zero attached hydrogens (tertiary/aromatic N) is 2. The minimum Gasteiger partial charge on any atom is -0.418 e. The summed E-state index contributed by atoms with van der Waals surface area (Å²) in [5, 5.41) is 8.28. The van der Waals surface area contributed by atoms with Gasteiger partial charge in [0.25, 0.3) is 0 Å². The summed E-state index contributed by atoms with van der Waals surface area (Å²) in [4.78, 5) is 13.4. The number of primary amides is 1. The van der Waals surface area contributed by atoms with E-state index in [1.807, 2.05) is 0 Å². The standard InChI is InChI=1S/C7H5N3O.BF4/c8-7(11)5-1-3-6(10-9)4-2-5;2-1(3,4)5/h1-4H,(H-,8,11);/q;-1/p+1. The van der Waals surface area contributed by atoms with Gasteiger partial charge in [-0.25, -0.2) is 0 Å². The van der Waals surface area contributed by atoms with E-state index in [2.05, 4.69) is 4.98 Å². The molecule has 1 rings (SSSR count). The largest absolute Gasteiger partial charge is 0.673 e. The number of hydrogen-bond donors (Lipinski definition) is 1. The first kappa shape index (κ1) is 13.9. The number of rotatable bonds is 1. The van der Waals surface area contributed by atoms with Crippen LogP contribution in [0.3, 0.4) is 0 Å². The maximum absolute atomic E-state index is 10.5. The predicted molar refractivity (Wildman–Crippen MR) is 49.9 cm³/mol. The average molecular weight is 235 g/mol. The molecular weight excluding hydrogens is 229 g/mol. The Morgan fingerprint density at radius 3 is 1.81 bits per heavy atom. The second-order valence-electron chi connectivity index (χ2n) is 2.51. The van der Waals surface area contributed by atoms with Gasteiger partial charge in [0.2, 0.25) is 11.3 Å². The fourth-order valence-corrected chi connectivity index (χ4v) is 0.692. The van der Waals surface area contributed by atoms with Crippen LogP contribution in [0.4, 0.5) is 23.0 Å². The van der Waals surface area contributed by atoms with E-state index in [-0.39, 0.29) is 0 Å². The lowest BCUT2D eigenvalue weighted by atomic mass is 10.2. The van der Waals surface area contributed by atoms with Gasteiger partial charge in [0.05, 0.1) is 0 Å². The first-order valence-electron chi connectivity index (χ1n) is 3.86. The lowest BCUT2D eigenvalue weighted by Crippen LogP contribution is -2.10. The van der Waals surface area contributed by atoms with Gasteiger partial charge in [-0.05, 0) is 12.1 Å². The molecule has 4 nitrogen and oxygen atoms in total. The first-order valence-corrected chi connectivity index (χ1v) is 3.86. The van der Waals surface area contributed by atoms with Gasteiger partial charge in [0.15, 0.2) is 4.98 Å². The van der Waals surface area contributed by atoms with Crippen LogP contribution in [-0.2, 0) is 0 Å². The molecule has 1 amide bonds. The van der Waals surface area contributed by atoms with Crippen molar-refractivity contribution in [3.05, 3.63) is 34.8 Å². The molecule has 0 heterocycles. The van der Waals surface area contributed by atoms with E-state index in [9.17, 15) is 22.1 Å². The normalized spacial score (nSPS) is 9.69. The maximum Gasteiger partial charge on any atom is 0.673 e. The first-order chi connectivity index (χ1) is 7.24. The van der Waals surface area contributed by atoms with E-state index in [4.69, 9.17) is 11.1 Å². The molecule has 1 aromatic carbocycles. The van der Waals surface area contributed by atoms with Crippen molar-refractivity contribution in [1.29, 1.82) is 5.39 Å². The minimum atomic E-state index is -6.00. The fourth-order valence-electron chi connectivity index (χ4n) is 0.692. The number of carbonyl (C=O) groups is 1. The number of amides is 1. The monoisotopic (exact) mass is 235 g/mol. The quantitative estimate of drug-likeness (QED) is 0.461. The van der Waals surface area contributed by atoms with Crippen molar-refractivity contribution in [2.24, 2.45) is 5.73 Å². The molecule has 9 heteroatoms. The average Bonchev–Trinajstić information content (AvgIpc) is 2.15. The zero-order valence-corrected chi connectivity index (χ0v) is 7.78. The van der Waals surface area contributed by atoms with E-state index < -0.39 is 13.2 Å². The summed E-state index contributed by atoms with van der Waals surface area (Å²) in [6.07, 6.45) is 0. The molecule has 0 aliphatic heterocycles. The number of halogens is 4. The zero-order chi connectivity index (χ0) is 12.8. The van der Waals surface area contributed by atoms with Crippen LogP contribution in [0.25, 0.3) is 4.98 Å². The number of hydrogen-bond acceptors (Lipinski definition) is 2. The summed E-state index contributed by atoms with van der Waals surface area (Å²) in [5.74, 6) is -0.491. The molecule has 0 saturated heterocycles. The Balaban J connectivity index is 0.000000385. The van der Waals surface area contributed by atoms with Crippen LogP contribution < -0.4 is 5.73 Å². The van der Waals surface area contributed by atoms with Gasteiger partial charge in [0, 0.05) is 17.7 Å². The molecule has 0 atom stereocenters. The van der Waals surface area contributed by atoms with Gasteiger partial charge >= 0.3 is 12.9 Å². The summed E-state index contributed by atoms with van der Waals surface area (Å²) in [7, 11) is -6.00. The van der Waals surface area contributed by atoms with Crippen molar-refractivity contribution >= 4 is 18.8 Å². The highest BCUT2D eigenvalue weighted by atomic mass is 19.5. The summed E-state index contributed by atoms with van der Waals surface area (Å²) in [6, 6.07) is 5.99. The molecule has 0 saturated carbocycles. The third-order valence-electron chi connectivity index (χ3n) is 1.27. The van der Waals surface area contributed by atoms with Crippen LogP contribution in [0.1, 0.15) is 10.4 Å². The predicted octanol–water partition coefficient (Wildman–Crippen LogP) is 2.57. The van der Waals surface area contributed by atoms with Crippen LogP contribution in [0.15, 0.2) is 24.3 Å². The Morgan fingerprint density at radius 2 is 1.56 bits per heavy atom. The highest BCUT2D eigenvalue weighted by Crippen LogP contribution is 2.11. The van der Waals surface area contributed by atoms with Crippen molar-refractivity contribution in [2.45, 2.75) is 0 Å². The van der Waals surface area contributed by atoms with Gasteiger partial charge < -0.3 is 23.0 Å². The van der Waals surface area contributed by atoms with Crippen molar-refractivity contribution in [3.63, 3.8) is 0 Å². The van der Waals surface area contributed by atoms with Gasteiger partial charge in [-0.15, -0.1) is 0 Å². The van der Waals surface area contributed by atoms with E-state index >= 15 is 0 Å². The molecule has 1 aromatic rings. The maximum atomic E-state index is 10.5. The topological polar surface area (TPSA) is 71.2 Å². The minimum absolute atomic E-state index is 0.398. The Morgan fingerprint density at radius 1 is 1.19 bits per heavy atom. The second-order valence-corrected chi connectivity index (χ2v) is 2.51. The Bertz CT molecular complexity index is 392. The lowest BCUT2D eigenvalue weighted by Gasteiger charge is -1.94. The number of diazo groups is 1. The van der Waals surface area contributed by atoms with Crippen molar-refractivity contribution in [1.82, 2.24) is 0 Å². The molecule has 16 heavy (non-hydrogen) atoms. The summed E-state index contributed by atoms with van der Waals surface area (Å²) in [6.45, 7) is 0.